The van der Waals surface area contributed by atoms with E-state index in [4.69, 9.17) is 4.74 Å². The summed E-state index contributed by atoms with van der Waals surface area (Å²) in [5.74, 6) is -2.27. The SMILES string of the molecule is CCOC(=O)[C@@H]1[C@H](C(=O)NCc2ccccc2)C(=NCc2ccccc2)C(=O)N1C1CCCCC1. The second kappa shape index (κ2) is 11.8. The van der Waals surface area contributed by atoms with E-state index in [0.717, 1.165) is 43.2 Å². The maximum atomic E-state index is 13.7. The summed E-state index contributed by atoms with van der Waals surface area (Å²) >= 11 is 0. The zero-order valence-corrected chi connectivity index (χ0v) is 20.2. The molecule has 1 aliphatic carbocycles. The summed E-state index contributed by atoms with van der Waals surface area (Å²) in [5, 5.41) is 2.93. The van der Waals surface area contributed by atoms with Gasteiger partial charge in [0, 0.05) is 12.6 Å². The molecule has 0 spiro atoms. The molecule has 0 radical (unpaired) electrons. The number of benzene rings is 2. The molecule has 1 saturated heterocycles. The van der Waals surface area contributed by atoms with Crippen LogP contribution in [-0.2, 0) is 32.2 Å². The lowest BCUT2D eigenvalue weighted by molar-refractivity contribution is -0.155. The quantitative estimate of drug-likeness (QED) is 0.590. The third-order valence-corrected chi connectivity index (χ3v) is 6.73. The smallest absolute Gasteiger partial charge is 0.330 e. The number of esters is 1. The Balaban J connectivity index is 1.68. The molecule has 35 heavy (non-hydrogen) atoms. The molecule has 0 bridgehead atoms. The maximum Gasteiger partial charge on any atom is 0.330 e. The first-order valence-electron chi connectivity index (χ1n) is 12.5. The van der Waals surface area contributed by atoms with Gasteiger partial charge in [-0.25, -0.2) is 4.79 Å². The number of hydrogen-bond acceptors (Lipinski definition) is 5. The van der Waals surface area contributed by atoms with E-state index in [0.29, 0.717) is 6.54 Å². The monoisotopic (exact) mass is 475 g/mol. The van der Waals surface area contributed by atoms with E-state index in [1.54, 1.807) is 11.8 Å². The Morgan fingerprint density at radius 3 is 2.23 bits per heavy atom. The van der Waals surface area contributed by atoms with Crippen LogP contribution in [0.15, 0.2) is 65.7 Å². The molecule has 4 rings (SSSR count). The average Bonchev–Trinajstić information content (AvgIpc) is 3.20. The van der Waals surface area contributed by atoms with Crippen LogP contribution >= 0.6 is 0 Å². The van der Waals surface area contributed by atoms with Crippen molar-refractivity contribution in [1.82, 2.24) is 10.2 Å². The molecule has 1 saturated carbocycles. The van der Waals surface area contributed by atoms with E-state index in [1.165, 1.54) is 0 Å². The van der Waals surface area contributed by atoms with Crippen molar-refractivity contribution in [3.05, 3.63) is 71.8 Å². The highest BCUT2D eigenvalue weighted by Gasteiger charge is 2.55. The Morgan fingerprint density at radius 2 is 1.60 bits per heavy atom. The van der Waals surface area contributed by atoms with Crippen molar-refractivity contribution in [2.75, 3.05) is 6.61 Å². The van der Waals surface area contributed by atoms with Gasteiger partial charge < -0.3 is 15.0 Å². The minimum atomic E-state index is -1.02. The molecule has 7 nitrogen and oxygen atoms in total. The average molecular weight is 476 g/mol. The third-order valence-electron chi connectivity index (χ3n) is 6.73. The van der Waals surface area contributed by atoms with Gasteiger partial charge in [0.25, 0.3) is 5.91 Å². The number of amides is 2. The Morgan fingerprint density at radius 1 is 0.971 bits per heavy atom. The van der Waals surface area contributed by atoms with Gasteiger partial charge in [-0.3, -0.25) is 14.6 Å². The van der Waals surface area contributed by atoms with E-state index in [-0.39, 0.29) is 36.7 Å². The van der Waals surface area contributed by atoms with Gasteiger partial charge in [-0.05, 0) is 30.9 Å². The number of carbonyl (C=O) groups excluding carboxylic acids is 3. The Hall–Kier alpha value is -3.48. The van der Waals surface area contributed by atoms with Crippen LogP contribution in [0.4, 0.5) is 0 Å². The number of likely N-dealkylation sites (tertiary alicyclic amines) is 1. The molecule has 0 unspecified atom stereocenters. The fraction of sp³-hybridized carbons (Fsp3) is 0.429. The van der Waals surface area contributed by atoms with Gasteiger partial charge in [0.15, 0.2) is 0 Å². The number of nitrogens with zero attached hydrogens (tertiary/aromatic N) is 2. The standard InChI is InChI=1S/C28H33N3O4/c1-2-35-28(34)25-23(26(32)30-19-21-14-8-4-9-15-21)24(29-18-20-12-6-3-7-13-20)27(33)31(25)22-16-10-5-11-17-22/h3-4,6-9,12-15,22-23,25H,2,5,10-11,16-19H2,1H3,(H,30,32)/t23-,25+/m1/s1. The minimum absolute atomic E-state index is 0.0977. The van der Waals surface area contributed by atoms with Gasteiger partial charge in [-0.15, -0.1) is 0 Å². The lowest BCUT2D eigenvalue weighted by atomic mass is 9.92. The first kappa shape index (κ1) is 24.6. The number of ether oxygens (including phenoxy) is 1. The molecule has 7 heteroatoms. The van der Waals surface area contributed by atoms with Crippen LogP contribution in [-0.4, -0.2) is 47.1 Å². The number of carbonyl (C=O) groups is 3. The molecule has 1 N–H and O–H groups in total. The molecule has 2 aromatic carbocycles. The Kier molecular flexibility index (Phi) is 8.29. The Labute approximate surface area is 206 Å². The van der Waals surface area contributed by atoms with Crippen molar-refractivity contribution >= 4 is 23.5 Å². The van der Waals surface area contributed by atoms with Crippen LogP contribution in [0.5, 0.6) is 0 Å². The van der Waals surface area contributed by atoms with Crippen LogP contribution in [0.1, 0.15) is 50.2 Å². The molecule has 2 aliphatic rings. The second-order valence-electron chi connectivity index (χ2n) is 9.07. The summed E-state index contributed by atoms with van der Waals surface area (Å²) in [6, 6.07) is 18.0. The molecule has 0 aromatic heterocycles. The van der Waals surface area contributed by atoms with Crippen LogP contribution in [0.3, 0.4) is 0 Å². The predicted molar refractivity (Wildman–Crippen MR) is 133 cm³/mol. The largest absolute Gasteiger partial charge is 0.464 e. The molecule has 184 valence electrons. The minimum Gasteiger partial charge on any atom is -0.464 e. The molecule has 1 heterocycles. The van der Waals surface area contributed by atoms with E-state index < -0.39 is 17.9 Å². The fourth-order valence-corrected chi connectivity index (χ4v) is 5.02. The molecule has 1 aliphatic heterocycles. The van der Waals surface area contributed by atoms with Crippen LogP contribution in [0.2, 0.25) is 0 Å². The predicted octanol–water partition coefficient (Wildman–Crippen LogP) is 3.67. The van der Waals surface area contributed by atoms with E-state index in [2.05, 4.69) is 10.3 Å². The van der Waals surface area contributed by atoms with Gasteiger partial charge in [0.2, 0.25) is 5.91 Å². The lowest BCUT2D eigenvalue weighted by Gasteiger charge is -2.35. The number of nitrogens with one attached hydrogen (secondary N) is 1. The van der Waals surface area contributed by atoms with Gasteiger partial charge in [-0.1, -0.05) is 79.9 Å². The zero-order valence-electron chi connectivity index (χ0n) is 20.2. The molecule has 2 atom stereocenters. The third kappa shape index (κ3) is 5.78. The summed E-state index contributed by atoms with van der Waals surface area (Å²) < 4.78 is 5.38. The number of hydrogen-bond donors (Lipinski definition) is 1. The summed E-state index contributed by atoms with van der Waals surface area (Å²) in [4.78, 5) is 46.7. The maximum absolute atomic E-state index is 13.7. The van der Waals surface area contributed by atoms with E-state index in [1.807, 2.05) is 60.7 Å². The van der Waals surface area contributed by atoms with Crippen LogP contribution in [0.25, 0.3) is 0 Å². The van der Waals surface area contributed by atoms with E-state index in [9.17, 15) is 14.4 Å². The first-order valence-corrected chi connectivity index (χ1v) is 12.5. The topological polar surface area (TPSA) is 88.1 Å². The highest BCUT2D eigenvalue weighted by molar-refractivity contribution is 6.46. The molecular weight excluding hydrogens is 442 g/mol. The Bertz CT molecular complexity index is 1050. The molecule has 2 aromatic rings. The van der Waals surface area contributed by atoms with Gasteiger partial charge in [-0.2, -0.15) is 0 Å². The summed E-state index contributed by atoms with van der Waals surface area (Å²) in [5.41, 5.74) is 2.01. The van der Waals surface area contributed by atoms with E-state index >= 15 is 0 Å². The van der Waals surface area contributed by atoms with Crippen molar-refractivity contribution in [2.45, 2.75) is 64.2 Å². The van der Waals surface area contributed by atoms with Crippen molar-refractivity contribution in [1.29, 1.82) is 0 Å². The summed E-state index contributed by atoms with van der Waals surface area (Å²) in [7, 11) is 0. The van der Waals surface area contributed by atoms with Crippen molar-refractivity contribution in [2.24, 2.45) is 10.9 Å². The molecule has 2 amide bonds. The lowest BCUT2D eigenvalue weighted by Crippen LogP contribution is -2.51. The van der Waals surface area contributed by atoms with Crippen molar-refractivity contribution in [3.8, 4) is 0 Å². The summed E-state index contributed by atoms with van der Waals surface area (Å²) in [6.45, 7) is 2.47. The first-order chi connectivity index (χ1) is 17.1. The van der Waals surface area contributed by atoms with Gasteiger partial charge in [0.05, 0.1) is 13.2 Å². The van der Waals surface area contributed by atoms with Crippen LogP contribution < -0.4 is 5.32 Å². The normalized spacial score (nSPS) is 21.8. The summed E-state index contributed by atoms with van der Waals surface area (Å²) in [6.07, 6.45) is 4.72. The van der Waals surface area contributed by atoms with Crippen molar-refractivity contribution < 1.29 is 19.1 Å². The number of rotatable bonds is 8. The van der Waals surface area contributed by atoms with Gasteiger partial charge in [0.1, 0.15) is 17.7 Å². The van der Waals surface area contributed by atoms with Crippen LogP contribution in [0, 0.1) is 5.92 Å². The molecule has 2 fully saturated rings. The van der Waals surface area contributed by atoms with Crippen molar-refractivity contribution in [3.63, 3.8) is 0 Å². The van der Waals surface area contributed by atoms with Gasteiger partial charge >= 0.3 is 5.97 Å². The zero-order chi connectivity index (χ0) is 24.6. The number of aliphatic imine (C=N–C) groups is 1. The molecular formula is C28H33N3O4. The highest BCUT2D eigenvalue weighted by atomic mass is 16.5. The highest BCUT2D eigenvalue weighted by Crippen LogP contribution is 2.33. The fourth-order valence-electron chi connectivity index (χ4n) is 5.02. The second-order valence-corrected chi connectivity index (χ2v) is 9.07.